The highest BCUT2D eigenvalue weighted by Crippen LogP contribution is 2.33. The van der Waals surface area contributed by atoms with Crippen LogP contribution in [0, 0.1) is 10.7 Å². The van der Waals surface area contributed by atoms with Gasteiger partial charge >= 0.3 is 0 Å². The molecule has 2 atom stereocenters. The molecule has 3 rings (SSSR count). The second-order valence-corrected chi connectivity index (χ2v) is 9.01. The van der Waals surface area contributed by atoms with Crippen molar-refractivity contribution in [1.82, 2.24) is 20.1 Å². The van der Waals surface area contributed by atoms with E-state index in [1.807, 2.05) is 56.5 Å². The highest BCUT2D eigenvalue weighted by atomic mass is 32.1. The van der Waals surface area contributed by atoms with Crippen LogP contribution in [0.25, 0.3) is 10.7 Å². The summed E-state index contributed by atoms with van der Waals surface area (Å²) in [5.41, 5.74) is 0.960. The van der Waals surface area contributed by atoms with E-state index in [1.165, 1.54) is 0 Å². The third-order valence-electron chi connectivity index (χ3n) is 5.10. The van der Waals surface area contributed by atoms with Gasteiger partial charge in [0.25, 0.3) is 0 Å². The summed E-state index contributed by atoms with van der Waals surface area (Å²) in [5.74, 6) is 2.06. The summed E-state index contributed by atoms with van der Waals surface area (Å²) < 4.78 is 13.6. The first-order chi connectivity index (χ1) is 15.4. The molecule has 0 fully saturated rings. The van der Waals surface area contributed by atoms with Crippen LogP contribution in [0.1, 0.15) is 52.3 Å². The molecule has 0 aliphatic carbocycles. The van der Waals surface area contributed by atoms with Gasteiger partial charge in [0.05, 0.1) is 24.1 Å². The van der Waals surface area contributed by atoms with E-state index < -0.39 is 6.04 Å². The Morgan fingerprint density at radius 1 is 1.19 bits per heavy atom. The molecule has 2 unspecified atom stereocenters. The van der Waals surface area contributed by atoms with Crippen molar-refractivity contribution in [3.8, 4) is 22.2 Å². The van der Waals surface area contributed by atoms with Crippen molar-refractivity contribution in [1.29, 1.82) is 0 Å². The van der Waals surface area contributed by atoms with Gasteiger partial charge < -0.3 is 14.8 Å². The normalized spacial score (nSPS) is 13.1. The second kappa shape index (κ2) is 10.8. The molecule has 1 aromatic carbocycles. The third kappa shape index (κ3) is 5.21. The quantitative estimate of drug-likeness (QED) is 0.377. The molecule has 2 heterocycles. The number of hydrogen-bond donors (Lipinski definition) is 2. The van der Waals surface area contributed by atoms with Crippen LogP contribution in [-0.4, -0.2) is 33.9 Å². The monoisotopic (exact) mass is 474 g/mol. The molecule has 0 saturated heterocycles. The highest BCUT2D eigenvalue weighted by Gasteiger charge is 2.26. The number of hydrogen-bond acceptors (Lipinski definition) is 6. The first kappa shape index (κ1) is 24.0. The Morgan fingerprint density at radius 3 is 2.53 bits per heavy atom. The number of aromatic amines is 1. The molecule has 0 radical (unpaired) electrons. The van der Waals surface area contributed by atoms with Gasteiger partial charge in [0, 0.05) is 0 Å². The van der Waals surface area contributed by atoms with Crippen LogP contribution in [0.15, 0.2) is 35.7 Å². The second-order valence-electron chi connectivity index (χ2n) is 7.68. The van der Waals surface area contributed by atoms with Crippen LogP contribution < -0.4 is 14.8 Å². The van der Waals surface area contributed by atoms with Crippen LogP contribution in [-0.2, 0) is 4.79 Å². The maximum Gasteiger partial charge on any atom is 0.243 e. The van der Waals surface area contributed by atoms with E-state index in [1.54, 1.807) is 15.9 Å². The molecule has 0 aliphatic heterocycles. The molecule has 9 heteroatoms. The zero-order valence-electron chi connectivity index (χ0n) is 19.0. The number of carbonyl (C=O) groups is 1. The molecule has 0 bridgehead atoms. The Hall–Kier alpha value is -2.65. The van der Waals surface area contributed by atoms with Crippen molar-refractivity contribution in [2.45, 2.75) is 46.7 Å². The van der Waals surface area contributed by atoms with E-state index >= 15 is 0 Å². The average Bonchev–Trinajstić information content (AvgIpc) is 3.42. The van der Waals surface area contributed by atoms with Crippen LogP contribution in [0.5, 0.6) is 11.5 Å². The van der Waals surface area contributed by atoms with Crippen LogP contribution in [0.4, 0.5) is 0 Å². The predicted octanol–water partition coefficient (Wildman–Crippen LogP) is 5.54. The van der Waals surface area contributed by atoms with Crippen molar-refractivity contribution < 1.29 is 14.3 Å². The van der Waals surface area contributed by atoms with E-state index in [4.69, 9.17) is 21.7 Å². The number of benzene rings is 1. The van der Waals surface area contributed by atoms with Crippen molar-refractivity contribution >= 4 is 29.5 Å². The molecule has 32 heavy (non-hydrogen) atoms. The van der Waals surface area contributed by atoms with Gasteiger partial charge in [-0.25, -0.2) is 0 Å². The molecule has 3 aromatic rings. The summed E-state index contributed by atoms with van der Waals surface area (Å²) in [6, 6.07) is 9.00. The minimum absolute atomic E-state index is 0.133. The van der Waals surface area contributed by atoms with Gasteiger partial charge in [-0.1, -0.05) is 26.0 Å². The molecule has 0 aliphatic rings. The molecule has 0 saturated carbocycles. The number of amides is 1. The Bertz CT molecular complexity index is 1090. The number of thiophene rings is 1. The molecular weight excluding hydrogens is 444 g/mol. The minimum Gasteiger partial charge on any atom is -0.490 e. The lowest BCUT2D eigenvalue weighted by Crippen LogP contribution is -2.36. The number of nitrogens with zero attached hydrogens (tertiary/aromatic N) is 2. The fraction of sp³-hybridized carbons (Fsp3) is 0.435. The van der Waals surface area contributed by atoms with Crippen molar-refractivity contribution in [2.24, 2.45) is 5.92 Å². The van der Waals surface area contributed by atoms with Gasteiger partial charge in [0.15, 0.2) is 22.1 Å². The van der Waals surface area contributed by atoms with Gasteiger partial charge in [0.1, 0.15) is 6.04 Å². The SMILES string of the molecule is CCOc1ccc(C(NC(=O)C(C)n2c(-c3cccs3)n[nH]c2=S)C(C)C)cc1OCC. The van der Waals surface area contributed by atoms with E-state index in [0.717, 1.165) is 10.4 Å². The molecule has 172 valence electrons. The zero-order valence-corrected chi connectivity index (χ0v) is 20.7. The van der Waals surface area contributed by atoms with E-state index in [0.29, 0.717) is 35.3 Å². The van der Waals surface area contributed by atoms with Crippen LogP contribution in [0.2, 0.25) is 0 Å². The lowest BCUT2D eigenvalue weighted by molar-refractivity contribution is -0.125. The number of aromatic nitrogens is 3. The summed E-state index contributed by atoms with van der Waals surface area (Å²) in [6.45, 7) is 10.9. The predicted molar refractivity (Wildman–Crippen MR) is 130 cm³/mol. The lowest BCUT2D eigenvalue weighted by atomic mass is 9.95. The number of rotatable bonds is 10. The topological polar surface area (TPSA) is 81.2 Å². The Morgan fingerprint density at radius 2 is 1.91 bits per heavy atom. The first-order valence-corrected chi connectivity index (χ1v) is 12.1. The number of nitrogens with one attached hydrogen (secondary N) is 2. The number of H-pyrrole nitrogens is 1. The molecule has 2 N–H and O–H groups in total. The summed E-state index contributed by atoms with van der Waals surface area (Å²) in [4.78, 5) is 14.3. The van der Waals surface area contributed by atoms with Gasteiger partial charge in [-0.05, 0) is 68.0 Å². The number of ether oxygens (including phenoxy) is 2. The average molecular weight is 475 g/mol. The molecule has 1 amide bonds. The molecule has 0 spiro atoms. The van der Waals surface area contributed by atoms with Gasteiger partial charge in [-0.15, -0.1) is 11.3 Å². The first-order valence-electron chi connectivity index (χ1n) is 10.8. The fourth-order valence-electron chi connectivity index (χ4n) is 3.53. The smallest absolute Gasteiger partial charge is 0.243 e. The zero-order chi connectivity index (χ0) is 23.3. The molecule has 7 nitrogen and oxygen atoms in total. The van der Waals surface area contributed by atoms with Gasteiger partial charge in [-0.2, -0.15) is 5.10 Å². The van der Waals surface area contributed by atoms with E-state index in [-0.39, 0.29) is 17.9 Å². The van der Waals surface area contributed by atoms with Gasteiger partial charge in [0.2, 0.25) is 5.91 Å². The minimum atomic E-state index is -0.534. The number of carbonyl (C=O) groups excluding carboxylic acids is 1. The highest BCUT2D eigenvalue weighted by molar-refractivity contribution is 7.71. The maximum absolute atomic E-state index is 13.3. The van der Waals surface area contributed by atoms with Crippen LogP contribution in [0.3, 0.4) is 0 Å². The van der Waals surface area contributed by atoms with Gasteiger partial charge in [-0.3, -0.25) is 14.5 Å². The Balaban J connectivity index is 1.87. The van der Waals surface area contributed by atoms with Crippen LogP contribution >= 0.6 is 23.6 Å². The molecule has 2 aromatic heterocycles. The lowest BCUT2D eigenvalue weighted by Gasteiger charge is -2.26. The summed E-state index contributed by atoms with van der Waals surface area (Å²) in [7, 11) is 0. The largest absolute Gasteiger partial charge is 0.490 e. The van der Waals surface area contributed by atoms with Crippen molar-refractivity contribution in [3.05, 3.63) is 46.0 Å². The van der Waals surface area contributed by atoms with Crippen molar-refractivity contribution in [3.63, 3.8) is 0 Å². The van der Waals surface area contributed by atoms with E-state index in [2.05, 4.69) is 29.4 Å². The maximum atomic E-state index is 13.3. The fourth-order valence-corrected chi connectivity index (χ4v) is 4.53. The third-order valence-corrected chi connectivity index (χ3v) is 6.26. The summed E-state index contributed by atoms with van der Waals surface area (Å²) in [6.07, 6.45) is 0. The summed E-state index contributed by atoms with van der Waals surface area (Å²) in [5, 5.41) is 12.3. The standard InChI is InChI=1S/C23H30N4O3S2/c1-6-29-17-11-10-16(13-18(17)30-7-2)20(14(3)4)24-22(28)15(5)27-21(25-26-23(27)31)19-9-8-12-32-19/h8-15,20H,6-7H2,1-5H3,(H,24,28)(H,26,31). The van der Waals surface area contributed by atoms with E-state index in [9.17, 15) is 4.79 Å². The Kier molecular flexibility index (Phi) is 8.09. The van der Waals surface area contributed by atoms with Crippen molar-refractivity contribution in [2.75, 3.05) is 13.2 Å². The molecular formula is C23H30N4O3S2. The summed E-state index contributed by atoms with van der Waals surface area (Å²) >= 11 is 6.98. The Labute approximate surface area is 197 Å².